The van der Waals surface area contributed by atoms with E-state index >= 15 is 0 Å². The van der Waals surface area contributed by atoms with Crippen LogP contribution in [0, 0.1) is 0 Å². The van der Waals surface area contributed by atoms with E-state index in [0.717, 1.165) is 70.2 Å². The molecule has 29 heavy (non-hydrogen) atoms. The van der Waals surface area contributed by atoms with Crippen molar-refractivity contribution in [2.45, 2.75) is 36.5 Å². The van der Waals surface area contributed by atoms with E-state index in [1.807, 2.05) is 30.9 Å². The molecule has 2 aliphatic rings. The summed E-state index contributed by atoms with van der Waals surface area (Å²) in [6.07, 6.45) is 6.68. The lowest BCUT2D eigenvalue weighted by Gasteiger charge is -2.38. The minimum absolute atomic E-state index is 0. The van der Waals surface area contributed by atoms with Gasteiger partial charge in [0.25, 0.3) is 0 Å². The summed E-state index contributed by atoms with van der Waals surface area (Å²) in [5.74, 6) is 1.83. The molecule has 164 valence electrons. The lowest BCUT2D eigenvalue weighted by Crippen LogP contribution is -2.54. The number of hydrogen-bond acceptors (Lipinski definition) is 5. The van der Waals surface area contributed by atoms with Gasteiger partial charge in [0.1, 0.15) is 5.75 Å². The summed E-state index contributed by atoms with van der Waals surface area (Å²) in [6, 6.07) is 8.63. The highest BCUT2D eigenvalue weighted by atomic mass is 127. The number of nitrogens with zero attached hydrogens (tertiary/aromatic N) is 2. The molecule has 2 N–H and O–H groups in total. The van der Waals surface area contributed by atoms with Crippen LogP contribution in [0.4, 0.5) is 5.69 Å². The molecule has 0 saturated carbocycles. The average Bonchev–Trinajstić information content (AvgIpc) is 2.77. The Balaban J connectivity index is 0.00000300. The SMILES string of the molecule is CN=C(NCC1(SC)CCOCC1)NC1CCCN(c2ccccc2OC)C1.I. The van der Waals surface area contributed by atoms with Crippen molar-refractivity contribution in [2.24, 2.45) is 4.99 Å². The highest BCUT2D eigenvalue weighted by Crippen LogP contribution is 2.33. The maximum Gasteiger partial charge on any atom is 0.191 e. The number of guanidine groups is 1. The first kappa shape index (κ1) is 24.4. The van der Waals surface area contributed by atoms with Crippen LogP contribution in [-0.4, -0.2) is 70.0 Å². The summed E-state index contributed by atoms with van der Waals surface area (Å²) < 4.78 is 11.3. The Kier molecular flexibility index (Phi) is 10.2. The van der Waals surface area contributed by atoms with Crippen molar-refractivity contribution in [2.75, 3.05) is 58.2 Å². The predicted molar refractivity (Wildman–Crippen MR) is 134 cm³/mol. The molecule has 1 aromatic rings. The van der Waals surface area contributed by atoms with Crippen LogP contribution in [0.15, 0.2) is 29.3 Å². The predicted octanol–water partition coefficient (Wildman–Crippen LogP) is 3.36. The van der Waals surface area contributed by atoms with Crippen molar-refractivity contribution in [1.82, 2.24) is 10.6 Å². The molecule has 2 fully saturated rings. The van der Waals surface area contributed by atoms with Gasteiger partial charge in [0.2, 0.25) is 0 Å². The Morgan fingerprint density at radius 2 is 2.10 bits per heavy atom. The molecule has 0 aliphatic carbocycles. The summed E-state index contributed by atoms with van der Waals surface area (Å²) in [4.78, 5) is 6.89. The summed E-state index contributed by atoms with van der Waals surface area (Å²) in [5, 5.41) is 7.21. The van der Waals surface area contributed by atoms with Crippen LogP contribution in [0.2, 0.25) is 0 Å². The molecule has 0 spiro atoms. The third-order valence-electron chi connectivity index (χ3n) is 5.83. The molecule has 2 saturated heterocycles. The average molecular weight is 535 g/mol. The lowest BCUT2D eigenvalue weighted by atomic mass is 9.99. The van der Waals surface area contributed by atoms with Crippen LogP contribution < -0.4 is 20.3 Å². The minimum Gasteiger partial charge on any atom is -0.495 e. The third-order valence-corrected chi connectivity index (χ3v) is 7.25. The van der Waals surface area contributed by atoms with Gasteiger partial charge >= 0.3 is 0 Å². The Hall–Kier alpha value is -0.870. The highest BCUT2D eigenvalue weighted by molar-refractivity contribution is 14.0. The normalized spacial score (nSPS) is 21.8. The smallest absolute Gasteiger partial charge is 0.191 e. The molecule has 8 heteroatoms. The number of methoxy groups -OCH3 is 1. The second kappa shape index (κ2) is 12.1. The second-order valence-electron chi connectivity index (χ2n) is 7.53. The highest BCUT2D eigenvalue weighted by Gasteiger charge is 2.32. The van der Waals surface area contributed by atoms with E-state index in [9.17, 15) is 0 Å². The fraction of sp³-hybridized carbons (Fsp3) is 0.667. The standard InChI is InChI=1S/C21H34N4O2S.HI/c1-22-20(23-16-21(28-3)10-13-27-14-11-21)24-17-7-6-12-25(15-17)18-8-4-5-9-19(18)26-2;/h4-5,8-9,17H,6-7,10-16H2,1-3H3,(H2,22,23,24);1H. The number of nitrogens with one attached hydrogen (secondary N) is 2. The Labute approximate surface area is 196 Å². The molecular weight excluding hydrogens is 499 g/mol. The second-order valence-corrected chi connectivity index (χ2v) is 8.80. The van der Waals surface area contributed by atoms with E-state index in [2.05, 4.69) is 38.9 Å². The molecule has 6 nitrogen and oxygen atoms in total. The molecule has 0 radical (unpaired) electrons. The zero-order valence-corrected chi connectivity index (χ0v) is 20.9. The van der Waals surface area contributed by atoms with Gasteiger partial charge in [-0.2, -0.15) is 11.8 Å². The number of benzene rings is 1. The van der Waals surface area contributed by atoms with Crippen LogP contribution in [0.1, 0.15) is 25.7 Å². The monoisotopic (exact) mass is 534 g/mol. The van der Waals surface area contributed by atoms with Gasteiger partial charge in [-0.05, 0) is 44.1 Å². The number of anilines is 1. The Morgan fingerprint density at radius 3 is 2.79 bits per heavy atom. The van der Waals surface area contributed by atoms with Crippen LogP contribution in [0.5, 0.6) is 5.75 Å². The number of hydrogen-bond donors (Lipinski definition) is 2. The van der Waals surface area contributed by atoms with Crippen LogP contribution in [-0.2, 0) is 4.74 Å². The summed E-state index contributed by atoms with van der Waals surface area (Å²) in [5.41, 5.74) is 1.17. The summed E-state index contributed by atoms with van der Waals surface area (Å²) in [6.45, 7) is 4.62. The van der Waals surface area contributed by atoms with E-state index in [-0.39, 0.29) is 28.7 Å². The number of aliphatic imine (C=N–C) groups is 1. The fourth-order valence-corrected chi connectivity index (χ4v) is 4.83. The van der Waals surface area contributed by atoms with E-state index in [1.54, 1.807) is 7.11 Å². The maximum atomic E-state index is 5.55. The zero-order chi connectivity index (χ0) is 19.8. The maximum absolute atomic E-state index is 5.55. The summed E-state index contributed by atoms with van der Waals surface area (Å²) >= 11 is 1.95. The van der Waals surface area contributed by atoms with Crippen LogP contribution in [0.25, 0.3) is 0 Å². The largest absolute Gasteiger partial charge is 0.495 e. The van der Waals surface area contributed by atoms with Gasteiger partial charge < -0.3 is 25.0 Å². The van der Waals surface area contributed by atoms with Gasteiger partial charge in [-0.25, -0.2) is 0 Å². The van der Waals surface area contributed by atoms with Gasteiger partial charge in [0.05, 0.1) is 12.8 Å². The molecular formula is C21H35IN4O2S. The number of para-hydroxylation sites is 2. The van der Waals surface area contributed by atoms with Crippen LogP contribution in [0.3, 0.4) is 0 Å². The molecule has 0 bridgehead atoms. The van der Waals surface area contributed by atoms with Crippen LogP contribution >= 0.6 is 35.7 Å². The number of ether oxygens (including phenoxy) is 2. The van der Waals surface area contributed by atoms with E-state index in [0.29, 0.717) is 6.04 Å². The van der Waals surface area contributed by atoms with Crippen molar-refractivity contribution >= 4 is 47.4 Å². The number of piperidine rings is 1. The number of rotatable bonds is 6. The molecule has 1 atom stereocenters. The van der Waals surface area contributed by atoms with Crippen molar-refractivity contribution < 1.29 is 9.47 Å². The van der Waals surface area contributed by atoms with Crippen molar-refractivity contribution in [3.8, 4) is 5.75 Å². The molecule has 2 aliphatic heterocycles. The van der Waals surface area contributed by atoms with Crippen molar-refractivity contribution in [3.63, 3.8) is 0 Å². The topological polar surface area (TPSA) is 58.1 Å². The molecule has 1 unspecified atom stereocenters. The quantitative estimate of drug-likeness (QED) is 0.332. The number of thioether (sulfide) groups is 1. The molecule has 2 heterocycles. The first-order valence-electron chi connectivity index (χ1n) is 10.2. The number of halogens is 1. The van der Waals surface area contributed by atoms with E-state index < -0.39 is 0 Å². The first-order chi connectivity index (χ1) is 13.7. The van der Waals surface area contributed by atoms with Crippen molar-refractivity contribution in [1.29, 1.82) is 0 Å². The molecule has 0 aromatic heterocycles. The molecule has 1 aromatic carbocycles. The summed E-state index contributed by atoms with van der Waals surface area (Å²) in [7, 11) is 3.59. The fourth-order valence-electron chi connectivity index (χ4n) is 4.03. The van der Waals surface area contributed by atoms with Gasteiger partial charge in [0.15, 0.2) is 5.96 Å². The Bertz CT molecular complexity index is 655. The zero-order valence-electron chi connectivity index (χ0n) is 17.8. The van der Waals surface area contributed by atoms with E-state index in [4.69, 9.17) is 9.47 Å². The Morgan fingerprint density at radius 1 is 1.34 bits per heavy atom. The van der Waals surface area contributed by atoms with Gasteiger partial charge in [-0.1, -0.05) is 12.1 Å². The minimum atomic E-state index is 0. The van der Waals surface area contributed by atoms with Crippen molar-refractivity contribution in [3.05, 3.63) is 24.3 Å². The van der Waals surface area contributed by atoms with Gasteiger partial charge in [-0.3, -0.25) is 4.99 Å². The van der Waals surface area contributed by atoms with E-state index in [1.165, 1.54) is 5.69 Å². The van der Waals surface area contributed by atoms with Gasteiger partial charge in [-0.15, -0.1) is 24.0 Å². The first-order valence-corrected chi connectivity index (χ1v) is 11.4. The molecule has 0 amide bonds. The third kappa shape index (κ3) is 6.55. The lowest BCUT2D eigenvalue weighted by molar-refractivity contribution is 0.0782. The van der Waals surface area contributed by atoms with Gasteiger partial charge in [0, 0.05) is 50.7 Å². The molecule has 3 rings (SSSR count).